The normalized spacial score (nSPS) is 19.9. The first kappa shape index (κ1) is 18.5. The van der Waals surface area contributed by atoms with Crippen molar-refractivity contribution in [2.75, 3.05) is 0 Å². The van der Waals surface area contributed by atoms with Gasteiger partial charge in [-0.15, -0.1) is 0 Å². The van der Waals surface area contributed by atoms with E-state index in [0.29, 0.717) is 15.4 Å². The summed E-state index contributed by atoms with van der Waals surface area (Å²) in [6.07, 6.45) is 0. The third kappa shape index (κ3) is 5.67. The van der Waals surface area contributed by atoms with Crippen LogP contribution in [0.3, 0.4) is 0 Å². The van der Waals surface area contributed by atoms with Crippen LogP contribution in [0.5, 0.6) is 0 Å². The minimum atomic E-state index is -0.580. The van der Waals surface area contributed by atoms with E-state index < -0.39 is 23.5 Å². The minimum absolute atomic E-state index is 0.281. The summed E-state index contributed by atoms with van der Waals surface area (Å²) in [5, 5.41) is 0. The summed E-state index contributed by atoms with van der Waals surface area (Å²) in [5.41, 5.74) is 4.97. The number of rotatable bonds is 2. The average Bonchev–Trinajstić information content (AvgIpc) is 2.42. The van der Waals surface area contributed by atoms with Gasteiger partial charge >= 0.3 is 107 Å². The van der Waals surface area contributed by atoms with Crippen LogP contribution in [0.2, 0.25) is 13.1 Å². The predicted molar refractivity (Wildman–Crippen MR) is 83.4 cm³/mol. The Morgan fingerprint density at radius 1 is 1.06 bits per heavy atom. The molecular formula is C15H31NSiZr. The second-order valence-corrected chi connectivity index (χ2v) is 10.2. The zero-order chi connectivity index (χ0) is 14.5. The van der Waals surface area contributed by atoms with Crippen molar-refractivity contribution in [3.8, 4) is 0 Å². The first-order valence-corrected chi connectivity index (χ1v) is 12.4. The van der Waals surface area contributed by atoms with Gasteiger partial charge in [0.2, 0.25) is 0 Å². The van der Waals surface area contributed by atoms with Gasteiger partial charge in [0.05, 0.1) is 0 Å². The molecule has 1 rings (SSSR count). The van der Waals surface area contributed by atoms with Gasteiger partial charge in [0, 0.05) is 9.52 Å². The molecule has 1 N–H and O–H groups in total. The van der Waals surface area contributed by atoms with E-state index in [2.05, 4.69) is 64.8 Å². The molecule has 18 heavy (non-hydrogen) atoms. The van der Waals surface area contributed by atoms with Gasteiger partial charge in [-0.05, 0) is 0 Å². The fourth-order valence-electron chi connectivity index (χ4n) is 1.82. The maximum atomic E-state index is 3.75. The van der Waals surface area contributed by atoms with Gasteiger partial charge in [0.1, 0.15) is 0 Å². The molecule has 104 valence electrons. The van der Waals surface area contributed by atoms with E-state index in [1.165, 1.54) is 5.57 Å². The van der Waals surface area contributed by atoms with Crippen LogP contribution in [-0.4, -0.2) is 15.1 Å². The van der Waals surface area contributed by atoms with Crippen molar-refractivity contribution >= 4 is 9.52 Å². The Bertz CT molecular complexity index is 337. The van der Waals surface area contributed by atoms with Crippen LogP contribution in [0.15, 0.2) is 20.0 Å². The average molecular weight is 345 g/mol. The minimum Gasteiger partial charge on any atom is -0.0750 e. The van der Waals surface area contributed by atoms with Crippen molar-refractivity contribution in [1.29, 1.82) is 0 Å². The summed E-state index contributed by atoms with van der Waals surface area (Å²) in [6, 6.07) is 0. The van der Waals surface area contributed by atoms with E-state index in [1.807, 2.05) is 0 Å². The first-order valence-electron chi connectivity index (χ1n) is 7.07. The summed E-state index contributed by atoms with van der Waals surface area (Å²) >= 11 is -0.580. The van der Waals surface area contributed by atoms with Gasteiger partial charge in [-0.25, -0.2) is 0 Å². The molecule has 0 saturated carbocycles. The fourth-order valence-corrected chi connectivity index (χ4v) is 5.06. The molecule has 1 aliphatic rings. The largest absolute Gasteiger partial charge is 0.0750 e. The van der Waals surface area contributed by atoms with E-state index in [-0.39, 0.29) is 5.54 Å². The van der Waals surface area contributed by atoms with Crippen LogP contribution in [0.4, 0.5) is 0 Å². The molecule has 0 aromatic carbocycles. The Morgan fingerprint density at radius 2 is 1.50 bits per heavy atom. The molecule has 3 heteroatoms. The summed E-state index contributed by atoms with van der Waals surface area (Å²) in [7, 11) is 0.417. The molecule has 1 nitrogen and oxygen atoms in total. The van der Waals surface area contributed by atoms with E-state index in [9.17, 15) is 0 Å². The Balaban J connectivity index is 0.000000873. The quantitative estimate of drug-likeness (QED) is 0.750. The second kappa shape index (κ2) is 7.97. The van der Waals surface area contributed by atoms with Crippen molar-refractivity contribution in [2.45, 2.75) is 67.1 Å². The molecule has 0 amide bonds. The van der Waals surface area contributed by atoms with Crippen LogP contribution >= 0.6 is 0 Å². The third-order valence-corrected chi connectivity index (χ3v) is 8.01. The molecule has 1 unspecified atom stereocenters. The monoisotopic (exact) mass is 343 g/mol. The van der Waals surface area contributed by atoms with Crippen LogP contribution in [0.1, 0.15) is 48.5 Å². The summed E-state index contributed by atoms with van der Waals surface area (Å²) in [5.74, 6) is 0.700. The molecule has 0 bridgehead atoms. The van der Waals surface area contributed by atoms with Gasteiger partial charge in [0.25, 0.3) is 0 Å². The van der Waals surface area contributed by atoms with Gasteiger partial charge < -0.3 is 0 Å². The smallest absolute Gasteiger partial charge is 0.0135 e. The van der Waals surface area contributed by atoms with E-state index >= 15 is 0 Å². The Hall–Kier alpha value is 0.540. The van der Waals surface area contributed by atoms with Gasteiger partial charge in [-0.3, -0.25) is 0 Å². The van der Waals surface area contributed by atoms with Crippen molar-refractivity contribution in [3.05, 3.63) is 20.0 Å². The molecule has 0 aromatic heterocycles. The van der Waals surface area contributed by atoms with Gasteiger partial charge in [0.15, 0.2) is 0 Å². The molecule has 0 heterocycles. The molecule has 0 spiro atoms. The molecule has 0 aromatic rings. The summed E-state index contributed by atoms with van der Waals surface area (Å²) in [4.78, 5) is 0. The summed E-state index contributed by atoms with van der Waals surface area (Å²) in [6.45, 7) is 20.5. The zero-order valence-electron chi connectivity index (χ0n) is 13.8. The summed E-state index contributed by atoms with van der Waals surface area (Å²) < 4.78 is 5.49. The standard InChI is InChI=1S/C9H13.C4H10N.C2H8Si.Zr/c1-6-5-7(2)9(4)8(6)3;1-4(2,3)5;1-3-2;/h6H,1-4H3;5H,1-3H3;3H2,1-2H3;/q;-1;;+1. The topological polar surface area (TPSA) is 12.0 Å². The van der Waals surface area contributed by atoms with Crippen molar-refractivity contribution in [2.24, 2.45) is 5.92 Å². The van der Waals surface area contributed by atoms with E-state index in [1.54, 1.807) is 14.4 Å². The van der Waals surface area contributed by atoms with Crippen LogP contribution in [0, 0.1) is 5.92 Å². The fraction of sp³-hybridized carbons (Fsp3) is 0.733. The second-order valence-electron chi connectivity index (χ2n) is 6.28. The molecule has 0 saturated heterocycles. The third-order valence-electron chi connectivity index (χ3n) is 3.21. The van der Waals surface area contributed by atoms with Crippen molar-refractivity contribution in [1.82, 2.24) is 3.26 Å². The van der Waals surface area contributed by atoms with E-state index in [4.69, 9.17) is 0 Å². The molecule has 0 fully saturated rings. The number of nitrogens with one attached hydrogen (secondary N) is 1. The Morgan fingerprint density at radius 3 is 1.78 bits per heavy atom. The maximum absolute atomic E-state index is 3.75. The van der Waals surface area contributed by atoms with Crippen molar-refractivity contribution < 1.29 is 23.5 Å². The van der Waals surface area contributed by atoms with Crippen LogP contribution in [0.25, 0.3) is 0 Å². The van der Waals surface area contributed by atoms with Crippen molar-refractivity contribution in [3.63, 3.8) is 0 Å². The van der Waals surface area contributed by atoms with Gasteiger partial charge in [-0.1, -0.05) is 13.1 Å². The predicted octanol–water partition coefficient (Wildman–Crippen LogP) is 3.88. The number of hydrogen-bond donors (Lipinski definition) is 1. The Kier molecular flexibility index (Phi) is 8.21. The molecule has 0 aliphatic heterocycles. The Labute approximate surface area is 129 Å². The molecule has 1 aliphatic carbocycles. The number of hydrogen-bond acceptors (Lipinski definition) is 1. The number of allylic oxidation sites excluding steroid dienone is 4. The SMILES string of the molecule is CC1=C(C)C(C)[C]([Zr][NH]C(C)(C)C)=C1C.C[SiH2]C. The first-order chi connectivity index (χ1) is 8.15. The molecular weight excluding hydrogens is 313 g/mol. The zero-order valence-corrected chi connectivity index (χ0v) is 17.7. The van der Waals surface area contributed by atoms with Crippen LogP contribution in [-0.2, 0) is 23.5 Å². The van der Waals surface area contributed by atoms with Crippen LogP contribution < -0.4 is 3.26 Å². The molecule has 1 atom stereocenters. The van der Waals surface area contributed by atoms with E-state index in [0.717, 1.165) is 0 Å². The maximum Gasteiger partial charge on any atom is 0.0135 e. The molecule has 0 radical (unpaired) electrons. The van der Waals surface area contributed by atoms with Gasteiger partial charge in [-0.2, -0.15) is 0 Å².